The van der Waals surface area contributed by atoms with E-state index in [0.29, 0.717) is 5.84 Å². The molecule has 2 aromatic rings. The summed E-state index contributed by atoms with van der Waals surface area (Å²) >= 11 is 0. The molecule has 1 aliphatic rings. The average Bonchev–Trinajstić information content (AvgIpc) is 2.58. The van der Waals surface area contributed by atoms with E-state index in [9.17, 15) is 0 Å². The van der Waals surface area contributed by atoms with E-state index in [2.05, 4.69) is 22.0 Å². The maximum Gasteiger partial charge on any atom is 0.122 e. The fraction of sp³-hybridized carbons (Fsp3) is 0.167. The molecular formula is C18H19N3O. The summed E-state index contributed by atoms with van der Waals surface area (Å²) in [6.45, 7) is 0. The van der Waals surface area contributed by atoms with Crippen LogP contribution < -0.4 is 15.4 Å². The molecule has 1 heterocycles. The number of nitrogens with zero attached hydrogens (tertiary/aromatic N) is 2. The molecule has 0 saturated carbocycles. The molecule has 0 saturated heterocycles. The van der Waals surface area contributed by atoms with Crippen LogP contribution in [0.25, 0.3) is 0 Å². The first kappa shape index (κ1) is 14.2. The fourth-order valence-corrected chi connectivity index (χ4v) is 2.58. The lowest BCUT2D eigenvalue weighted by Gasteiger charge is -2.32. The summed E-state index contributed by atoms with van der Waals surface area (Å²) in [6, 6.07) is 18.3. The zero-order valence-corrected chi connectivity index (χ0v) is 12.5. The number of anilines is 1. The lowest BCUT2D eigenvalue weighted by molar-refractivity contribution is 0.415. The summed E-state index contributed by atoms with van der Waals surface area (Å²) in [5.41, 5.74) is 8.44. The lowest BCUT2D eigenvalue weighted by Crippen LogP contribution is -2.45. The van der Waals surface area contributed by atoms with Gasteiger partial charge < -0.3 is 15.4 Å². The van der Waals surface area contributed by atoms with E-state index < -0.39 is 0 Å². The van der Waals surface area contributed by atoms with Crippen molar-refractivity contribution in [3.63, 3.8) is 0 Å². The molecule has 0 aromatic heterocycles. The van der Waals surface area contributed by atoms with Crippen LogP contribution in [-0.4, -0.2) is 19.0 Å². The second-order valence-electron chi connectivity index (χ2n) is 5.16. The smallest absolute Gasteiger partial charge is 0.122 e. The Kier molecular flexibility index (Phi) is 4.10. The summed E-state index contributed by atoms with van der Waals surface area (Å²) in [5.74, 6) is 1.47. The molecule has 2 N–H and O–H groups in total. The van der Waals surface area contributed by atoms with Crippen LogP contribution >= 0.6 is 0 Å². The van der Waals surface area contributed by atoms with Gasteiger partial charge in [-0.05, 0) is 29.8 Å². The van der Waals surface area contributed by atoms with Crippen LogP contribution in [0.15, 0.2) is 72.0 Å². The van der Waals surface area contributed by atoms with Gasteiger partial charge in [-0.2, -0.15) is 0 Å². The van der Waals surface area contributed by atoms with Crippen molar-refractivity contribution in [2.24, 2.45) is 10.7 Å². The van der Waals surface area contributed by atoms with Gasteiger partial charge in [-0.25, -0.2) is 4.99 Å². The van der Waals surface area contributed by atoms with Crippen LogP contribution in [0.3, 0.4) is 0 Å². The van der Waals surface area contributed by atoms with Crippen molar-refractivity contribution in [1.29, 1.82) is 0 Å². The SMILES string of the molecule is COc1ccc(N2C=CN=C(N)C2Cc2ccccc2)cc1. The normalized spacial score (nSPS) is 17.2. The van der Waals surface area contributed by atoms with Gasteiger partial charge in [0.25, 0.3) is 0 Å². The first-order valence-corrected chi connectivity index (χ1v) is 7.24. The van der Waals surface area contributed by atoms with Gasteiger partial charge in [0.05, 0.1) is 13.2 Å². The minimum absolute atomic E-state index is 0.0146. The van der Waals surface area contributed by atoms with Crippen molar-refractivity contribution in [1.82, 2.24) is 0 Å². The zero-order valence-electron chi connectivity index (χ0n) is 12.5. The maximum atomic E-state index is 6.14. The first-order valence-electron chi connectivity index (χ1n) is 7.24. The summed E-state index contributed by atoms with van der Waals surface area (Å²) in [6.07, 6.45) is 4.51. The molecule has 0 bridgehead atoms. The molecule has 1 unspecified atom stereocenters. The predicted octanol–water partition coefficient (Wildman–Crippen LogP) is 2.95. The Morgan fingerprint density at radius 1 is 1.09 bits per heavy atom. The average molecular weight is 293 g/mol. The Balaban J connectivity index is 1.87. The van der Waals surface area contributed by atoms with Crippen molar-refractivity contribution in [2.75, 3.05) is 12.0 Å². The first-order chi connectivity index (χ1) is 10.8. The van der Waals surface area contributed by atoms with Crippen LogP contribution in [0.4, 0.5) is 5.69 Å². The quantitative estimate of drug-likeness (QED) is 0.943. The number of methoxy groups -OCH3 is 1. The zero-order chi connectivity index (χ0) is 15.4. The highest BCUT2D eigenvalue weighted by atomic mass is 16.5. The third-order valence-corrected chi connectivity index (χ3v) is 3.77. The number of hydrogen-bond donors (Lipinski definition) is 1. The Morgan fingerprint density at radius 3 is 2.50 bits per heavy atom. The number of benzene rings is 2. The van der Waals surface area contributed by atoms with Crippen LogP contribution in [0, 0.1) is 0 Å². The molecule has 0 aliphatic carbocycles. The van der Waals surface area contributed by atoms with Gasteiger partial charge in [-0.3, -0.25) is 0 Å². The number of hydrogen-bond acceptors (Lipinski definition) is 4. The van der Waals surface area contributed by atoms with Crippen LogP contribution in [0.2, 0.25) is 0 Å². The largest absolute Gasteiger partial charge is 0.497 e. The maximum absolute atomic E-state index is 6.14. The van der Waals surface area contributed by atoms with Gasteiger partial charge in [0, 0.05) is 24.5 Å². The monoisotopic (exact) mass is 293 g/mol. The molecule has 1 aliphatic heterocycles. The third kappa shape index (κ3) is 2.96. The van der Waals surface area contributed by atoms with E-state index in [0.717, 1.165) is 17.9 Å². The number of amidine groups is 1. The number of rotatable bonds is 4. The highest BCUT2D eigenvalue weighted by Crippen LogP contribution is 2.24. The van der Waals surface area contributed by atoms with E-state index in [1.54, 1.807) is 13.3 Å². The van der Waals surface area contributed by atoms with Gasteiger partial charge in [0.1, 0.15) is 11.6 Å². The highest BCUT2D eigenvalue weighted by molar-refractivity contribution is 5.91. The Morgan fingerprint density at radius 2 is 1.82 bits per heavy atom. The third-order valence-electron chi connectivity index (χ3n) is 3.77. The molecule has 2 aromatic carbocycles. The van der Waals surface area contributed by atoms with Gasteiger partial charge in [0.2, 0.25) is 0 Å². The Labute approximate surface area is 130 Å². The highest BCUT2D eigenvalue weighted by Gasteiger charge is 2.23. The van der Waals surface area contributed by atoms with E-state index >= 15 is 0 Å². The summed E-state index contributed by atoms with van der Waals surface area (Å²) in [7, 11) is 1.67. The Hall–Kier alpha value is -2.75. The van der Waals surface area contributed by atoms with Crippen molar-refractivity contribution in [3.8, 4) is 5.75 Å². The number of aliphatic imine (C=N–C) groups is 1. The molecule has 4 nitrogen and oxygen atoms in total. The molecule has 0 radical (unpaired) electrons. The molecule has 3 rings (SSSR count). The molecular weight excluding hydrogens is 274 g/mol. The summed E-state index contributed by atoms with van der Waals surface area (Å²) < 4.78 is 5.22. The van der Waals surface area contributed by atoms with E-state index in [1.165, 1.54) is 5.56 Å². The molecule has 22 heavy (non-hydrogen) atoms. The minimum atomic E-state index is 0.0146. The van der Waals surface area contributed by atoms with Crippen molar-refractivity contribution in [3.05, 3.63) is 72.6 Å². The van der Waals surface area contributed by atoms with E-state index in [-0.39, 0.29) is 6.04 Å². The van der Waals surface area contributed by atoms with Gasteiger partial charge in [-0.15, -0.1) is 0 Å². The minimum Gasteiger partial charge on any atom is -0.497 e. The van der Waals surface area contributed by atoms with Crippen molar-refractivity contribution in [2.45, 2.75) is 12.5 Å². The molecule has 0 fully saturated rings. The molecule has 0 spiro atoms. The second kappa shape index (κ2) is 6.35. The lowest BCUT2D eigenvalue weighted by atomic mass is 10.0. The standard InChI is InChI=1S/C18H19N3O/c1-22-16-9-7-15(8-10-16)21-12-11-20-18(19)17(21)13-14-5-3-2-4-6-14/h2-12,17H,13H2,1H3,(H2,19,20). The fourth-order valence-electron chi connectivity index (χ4n) is 2.58. The van der Waals surface area contributed by atoms with Crippen LogP contribution in [0.1, 0.15) is 5.56 Å². The summed E-state index contributed by atoms with van der Waals surface area (Å²) in [4.78, 5) is 6.41. The van der Waals surface area contributed by atoms with Gasteiger partial charge >= 0.3 is 0 Å². The van der Waals surface area contributed by atoms with E-state index in [1.807, 2.05) is 48.7 Å². The molecule has 4 heteroatoms. The molecule has 0 amide bonds. The van der Waals surface area contributed by atoms with Gasteiger partial charge in [-0.1, -0.05) is 30.3 Å². The topological polar surface area (TPSA) is 50.8 Å². The predicted molar refractivity (Wildman–Crippen MR) is 90.2 cm³/mol. The van der Waals surface area contributed by atoms with Gasteiger partial charge in [0.15, 0.2) is 0 Å². The van der Waals surface area contributed by atoms with Crippen molar-refractivity contribution >= 4 is 11.5 Å². The summed E-state index contributed by atoms with van der Waals surface area (Å²) in [5, 5.41) is 0. The van der Waals surface area contributed by atoms with Crippen LogP contribution in [-0.2, 0) is 6.42 Å². The van der Waals surface area contributed by atoms with E-state index in [4.69, 9.17) is 10.5 Å². The molecule has 1 atom stereocenters. The number of ether oxygens (including phenoxy) is 1. The Bertz CT molecular complexity index is 677. The van der Waals surface area contributed by atoms with Crippen LogP contribution in [0.5, 0.6) is 5.75 Å². The molecule has 112 valence electrons. The van der Waals surface area contributed by atoms with Crippen molar-refractivity contribution < 1.29 is 4.74 Å². The second-order valence-corrected chi connectivity index (χ2v) is 5.16. The number of nitrogens with two attached hydrogens (primary N) is 1.